The average molecular weight is 425 g/mol. The molecule has 2 aliphatic rings. The van der Waals surface area contributed by atoms with E-state index >= 15 is 0 Å². The summed E-state index contributed by atoms with van der Waals surface area (Å²) < 4.78 is 0.883. The van der Waals surface area contributed by atoms with Crippen LogP contribution in [0, 0.1) is 11.8 Å². The van der Waals surface area contributed by atoms with Crippen LogP contribution in [-0.2, 0) is 11.3 Å². The molecule has 31 heavy (non-hydrogen) atoms. The maximum Gasteiger partial charge on any atom is 0.300 e. The second-order valence-corrected chi connectivity index (χ2v) is 8.53. The highest BCUT2D eigenvalue weighted by molar-refractivity contribution is 5.95. The van der Waals surface area contributed by atoms with Crippen LogP contribution in [0.25, 0.3) is 0 Å². The van der Waals surface area contributed by atoms with Gasteiger partial charge in [0, 0.05) is 54.5 Å². The van der Waals surface area contributed by atoms with Crippen LogP contribution in [0.5, 0.6) is 0 Å². The molecule has 4 rings (SSSR count). The molecule has 3 N–H and O–H groups in total. The predicted octanol–water partition coefficient (Wildman–Crippen LogP) is 1.52. The Morgan fingerprint density at radius 3 is 2.45 bits per heavy atom. The number of nitrogens with two attached hydrogens (primary N) is 1. The highest BCUT2D eigenvalue weighted by Crippen LogP contribution is 2.26. The predicted molar refractivity (Wildman–Crippen MR) is 114 cm³/mol. The molecule has 2 aromatic heterocycles. The smallest absolute Gasteiger partial charge is 0.300 e. The Hall–Kier alpha value is -3.00. The third-order valence-electron chi connectivity index (χ3n) is 6.46. The number of aromatic nitrogens is 2. The van der Waals surface area contributed by atoms with E-state index in [1.165, 1.54) is 6.20 Å². The van der Waals surface area contributed by atoms with Crippen molar-refractivity contribution < 1.29 is 19.5 Å². The van der Waals surface area contributed by atoms with E-state index in [9.17, 15) is 14.8 Å². The van der Waals surface area contributed by atoms with Crippen molar-refractivity contribution in [3.63, 3.8) is 0 Å². The van der Waals surface area contributed by atoms with E-state index in [0.717, 1.165) is 42.8 Å². The number of nitrogens with zero attached hydrogens (tertiary/aromatic N) is 4. The Bertz CT molecular complexity index is 934. The molecule has 0 bridgehead atoms. The van der Waals surface area contributed by atoms with Gasteiger partial charge in [0.05, 0.1) is 0 Å². The van der Waals surface area contributed by atoms with Gasteiger partial charge in [0.25, 0.3) is 5.69 Å². The van der Waals surface area contributed by atoms with Crippen molar-refractivity contribution >= 4 is 17.5 Å². The summed E-state index contributed by atoms with van der Waals surface area (Å²) in [5.74, 6) is 0.598. The second kappa shape index (κ2) is 9.43. The van der Waals surface area contributed by atoms with Crippen molar-refractivity contribution in [3.05, 3.63) is 54.0 Å². The molecule has 0 spiro atoms. The van der Waals surface area contributed by atoms with E-state index in [0.29, 0.717) is 37.4 Å². The molecular weight excluding hydrogens is 394 g/mol. The molecule has 2 fully saturated rings. The summed E-state index contributed by atoms with van der Waals surface area (Å²) in [6.45, 7) is 3.80. The molecule has 0 aliphatic carbocycles. The molecule has 4 heterocycles. The fraction of sp³-hybridized carbons (Fsp3) is 0.478. The van der Waals surface area contributed by atoms with Crippen LogP contribution in [0.15, 0.2) is 42.7 Å². The number of pyridine rings is 2. The lowest BCUT2D eigenvalue weighted by Gasteiger charge is -2.36. The number of ketones is 1. The number of amides is 1. The first-order valence-electron chi connectivity index (χ1n) is 11.0. The molecule has 0 radical (unpaired) electrons. The van der Waals surface area contributed by atoms with Gasteiger partial charge in [0.2, 0.25) is 17.9 Å². The van der Waals surface area contributed by atoms with Crippen LogP contribution in [0.1, 0.15) is 41.7 Å². The Morgan fingerprint density at radius 1 is 1.06 bits per heavy atom. The summed E-state index contributed by atoms with van der Waals surface area (Å²) in [6, 6.07) is 8.93. The molecule has 2 aliphatic heterocycles. The Balaban J connectivity index is 1.25. The number of likely N-dealkylation sites (tertiary alicyclic amines) is 2. The minimum absolute atomic E-state index is 0.0553. The molecule has 164 valence electrons. The van der Waals surface area contributed by atoms with Gasteiger partial charge in [0.15, 0.2) is 0 Å². The van der Waals surface area contributed by atoms with Crippen molar-refractivity contribution in [3.8, 4) is 0 Å². The average Bonchev–Trinajstić information content (AvgIpc) is 2.79. The molecule has 0 atom stereocenters. The van der Waals surface area contributed by atoms with Crippen LogP contribution >= 0.6 is 0 Å². The number of nitrogen functional groups attached to an aromatic ring is 1. The van der Waals surface area contributed by atoms with Gasteiger partial charge in [-0.1, -0.05) is 0 Å². The number of piperidine rings is 2. The zero-order valence-corrected chi connectivity index (χ0v) is 17.7. The van der Waals surface area contributed by atoms with Gasteiger partial charge in [-0.3, -0.25) is 19.7 Å². The topological polar surface area (TPSA) is 104 Å². The standard InChI is InChI=1S/C23H30N5O3/c24-21-15-17(4-9-25-21)16-26-11-5-19(6-12-26)23(30)27-13-7-18(8-14-27)22(29)20-3-1-2-10-28(20)31/h1-4,9-10,15,18-19,31H,5-8,11-14,16H2,(H2,24,25)/q+1. The molecule has 1 amide bonds. The third kappa shape index (κ3) is 5.02. The summed E-state index contributed by atoms with van der Waals surface area (Å²) in [5.41, 5.74) is 7.21. The SMILES string of the molecule is Nc1cc(CN2CCC(C(=O)N3CCC(C(=O)c4cccc[n+]4O)CC3)CC2)ccn1. The monoisotopic (exact) mass is 424 g/mol. The zero-order chi connectivity index (χ0) is 21.8. The number of hydrogen-bond acceptors (Lipinski definition) is 6. The van der Waals surface area contributed by atoms with Crippen LogP contribution < -0.4 is 10.5 Å². The Morgan fingerprint density at radius 2 is 1.77 bits per heavy atom. The van der Waals surface area contributed by atoms with Gasteiger partial charge in [-0.05, 0) is 62.5 Å². The van der Waals surface area contributed by atoms with E-state index in [1.807, 2.05) is 17.0 Å². The second-order valence-electron chi connectivity index (χ2n) is 8.53. The van der Waals surface area contributed by atoms with Gasteiger partial charge in [-0.2, -0.15) is 0 Å². The molecule has 0 saturated carbocycles. The lowest BCUT2D eigenvalue weighted by molar-refractivity contribution is -0.905. The van der Waals surface area contributed by atoms with Crippen molar-refractivity contribution in [1.82, 2.24) is 14.8 Å². The van der Waals surface area contributed by atoms with Crippen molar-refractivity contribution in [2.24, 2.45) is 11.8 Å². The number of carbonyl (C=O) groups is 2. The number of carbonyl (C=O) groups excluding carboxylic acids is 2. The first-order valence-corrected chi connectivity index (χ1v) is 11.0. The number of hydrogen-bond donors (Lipinski definition) is 2. The number of anilines is 1. The Kier molecular flexibility index (Phi) is 6.46. The van der Waals surface area contributed by atoms with Gasteiger partial charge < -0.3 is 10.6 Å². The molecule has 0 unspecified atom stereocenters. The van der Waals surface area contributed by atoms with Gasteiger partial charge in [-0.15, -0.1) is 0 Å². The fourth-order valence-corrected chi connectivity index (χ4v) is 4.65. The third-order valence-corrected chi connectivity index (χ3v) is 6.46. The largest absolute Gasteiger partial charge is 0.384 e. The molecular formula is C23H30N5O3+. The quantitative estimate of drug-likeness (QED) is 0.429. The molecule has 2 aromatic rings. The highest BCUT2D eigenvalue weighted by Gasteiger charge is 2.35. The van der Waals surface area contributed by atoms with E-state index < -0.39 is 0 Å². The molecule has 8 nitrogen and oxygen atoms in total. The molecule has 2 saturated heterocycles. The number of rotatable bonds is 5. The molecule has 0 aromatic carbocycles. The fourth-order valence-electron chi connectivity index (χ4n) is 4.65. The maximum atomic E-state index is 13.0. The summed E-state index contributed by atoms with van der Waals surface area (Å²) in [4.78, 5) is 34.0. The summed E-state index contributed by atoms with van der Waals surface area (Å²) in [5, 5.41) is 9.87. The van der Waals surface area contributed by atoms with Crippen molar-refractivity contribution in [1.29, 1.82) is 0 Å². The maximum absolute atomic E-state index is 13.0. The summed E-state index contributed by atoms with van der Waals surface area (Å²) in [6.07, 6.45) is 6.18. The van der Waals surface area contributed by atoms with E-state index in [2.05, 4.69) is 9.88 Å². The van der Waals surface area contributed by atoms with Crippen LogP contribution in [0.2, 0.25) is 0 Å². The highest BCUT2D eigenvalue weighted by atomic mass is 16.5. The van der Waals surface area contributed by atoms with E-state index in [4.69, 9.17) is 5.73 Å². The molecule has 8 heteroatoms. The van der Waals surface area contributed by atoms with Gasteiger partial charge in [-0.25, -0.2) is 4.98 Å². The Labute approximate surface area is 182 Å². The first-order chi connectivity index (χ1) is 15.0. The van der Waals surface area contributed by atoms with Gasteiger partial charge in [0.1, 0.15) is 5.82 Å². The van der Waals surface area contributed by atoms with E-state index in [1.54, 1.807) is 24.4 Å². The zero-order valence-electron chi connectivity index (χ0n) is 17.7. The minimum Gasteiger partial charge on any atom is -0.384 e. The summed E-state index contributed by atoms with van der Waals surface area (Å²) >= 11 is 0. The summed E-state index contributed by atoms with van der Waals surface area (Å²) in [7, 11) is 0. The van der Waals surface area contributed by atoms with E-state index in [-0.39, 0.29) is 23.5 Å². The lowest BCUT2D eigenvalue weighted by atomic mass is 9.89. The minimum atomic E-state index is -0.153. The number of Topliss-reactive ketones (excluding diaryl/α,β-unsaturated/α-hetero) is 1. The van der Waals surface area contributed by atoms with Crippen LogP contribution in [0.4, 0.5) is 5.82 Å². The van der Waals surface area contributed by atoms with Crippen LogP contribution in [-0.4, -0.2) is 57.9 Å². The van der Waals surface area contributed by atoms with Gasteiger partial charge >= 0.3 is 0 Å². The van der Waals surface area contributed by atoms with Crippen LogP contribution in [0.3, 0.4) is 0 Å². The lowest BCUT2D eigenvalue weighted by Crippen LogP contribution is -2.47. The van der Waals surface area contributed by atoms with Crippen molar-refractivity contribution in [2.75, 3.05) is 31.9 Å². The van der Waals surface area contributed by atoms with Crippen molar-refractivity contribution in [2.45, 2.75) is 32.2 Å². The normalized spacial score (nSPS) is 18.8. The first kappa shape index (κ1) is 21.2.